The molecule has 4 rings (SSSR count). The number of anilines is 2. The lowest BCUT2D eigenvalue weighted by Crippen LogP contribution is -2.39. The van der Waals surface area contributed by atoms with Gasteiger partial charge in [0.15, 0.2) is 0 Å². The summed E-state index contributed by atoms with van der Waals surface area (Å²) in [6.07, 6.45) is 3.12. The van der Waals surface area contributed by atoms with Gasteiger partial charge >= 0.3 is 11.8 Å². The number of rotatable bonds is 3. The molecule has 2 aliphatic rings. The normalized spacial score (nSPS) is 18.7. The standard InChI is InChI=1S/C24H27N3O3/c1-16-12-17(2)14-18(13-16)21-8-4-11-27(21)24(30)23(29)25-19-6-3-7-20(15-19)26-10-5-9-22(26)28/h3,6-7,12-15,21H,4-5,8-11H2,1-2H3,(H,25,29). The fourth-order valence-electron chi connectivity index (χ4n) is 4.55. The summed E-state index contributed by atoms with van der Waals surface area (Å²) in [6, 6.07) is 13.3. The maximum atomic E-state index is 12.9. The van der Waals surface area contributed by atoms with Gasteiger partial charge < -0.3 is 15.1 Å². The SMILES string of the molecule is Cc1cc(C)cc(C2CCCN2C(=O)C(=O)Nc2cccc(N3CCCC3=O)c2)c1. The van der Waals surface area contributed by atoms with Crippen LogP contribution in [-0.4, -0.2) is 35.7 Å². The lowest BCUT2D eigenvalue weighted by atomic mass is 9.99. The van der Waals surface area contributed by atoms with E-state index in [0.29, 0.717) is 25.2 Å². The molecular weight excluding hydrogens is 378 g/mol. The van der Waals surface area contributed by atoms with Crippen LogP contribution in [0.1, 0.15) is 48.4 Å². The maximum Gasteiger partial charge on any atom is 0.313 e. The van der Waals surface area contributed by atoms with Crippen molar-refractivity contribution in [1.29, 1.82) is 0 Å². The molecule has 6 heteroatoms. The number of benzene rings is 2. The maximum absolute atomic E-state index is 12.9. The molecule has 156 valence electrons. The van der Waals surface area contributed by atoms with Crippen LogP contribution in [0.5, 0.6) is 0 Å². The fourth-order valence-corrected chi connectivity index (χ4v) is 4.55. The molecule has 0 bridgehead atoms. The van der Waals surface area contributed by atoms with Gasteiger partial charge in [-0.15, -0.1) is 0 Å². The monoisotopic (exact) mass is 405 g/mol. The highest BCUT2D eigenvalue weighted by Crippen LogP contribution is 2.33. The molecule has 2 fully saturated rings. The number of hydrogen-bond donors (Lipinski definition) is 1. The van der Waals surface area contributed by atoms with Crippen molar-refractivity contribution < 1.29 is 14.4 Å². The molecule has 1 atom stereocenters. The second kappa shape index (κ2) is 8.30. The first-order valence-corrected chi connectivity index (χ1v) is 10.5. The summed E-state index contributed by atoms with van der Waals surface area (Å²) in [5, 5.41) is 2.72. The van der Waals surface area contributed by atoms with Crippen molar-refractivity contribution in [2.75, 3.05) is 23.3 Å². The summed E-state index contributed by atoms with van der Waals surface area (Å²) in [5.41, 5.74) is 4.66. The summed E-state index contributed by atoms with van der Waals surface area (Å²) in [6.45, 7) is 5.34. The molecule has 0 spiro atoms. The van der Waals surface area contributed by atoms with Crippen molar-refractivity contribution >= 4 is 29.1 Å². The summed E-state index contributed by atoms with van der Waals surface area (Å²) in [4.78, 5) is 41.1. The van der Waals surface area contributed by atoms with Gasteiger partial charge in [0.1, 0.15) is 0 Å². The van der Waals surface area contributed by atoms with E-state index < -0.39 is 11.8 Å². The third kappa shape index (κ3) is 4.08. The Bertz CT molecular complexity index is 981. The Balaban J connectivity index is 1.48. The highest BCUT2D eigenvalue weighted by Gasteiger charge is 2.33. The fraction of sp³-hybridized carbons (Fsp3) is 0.375. The molecular formula is C24H27N3O3. The van der Waals surface area contributed by atoms with Gasteiger partial charge in [0.25, 0.3) is 0 Å². The average Bonchev–Trinajstić information content (AvgIpc) is 3.36. The van der Waals surface area contributed by atoms with Crippen LogP contribution in [0.4, 0.5) is 11.4 Å². The minimum atomic E-state index is -0.642. The van der Waals surface area contributed by atoms with Crippen LogP contribution in [-0.2, 0) is 14.4 Å². The van der Waals surface area contributed by atoms with Crippen molar-refractivity contribution in [2.24, 2.45) is 0 Å². The van der Waals surface area contributed by atoms with Gasteiger partial charge in [-0.2, -0.15) is 0 Å². The summed E-state index contributed by atoms with van der Waals surface area (Å²) >= 11 is 0. The van der Waals surface area contributed by atoms with E-state index in [-0.39, 0.29) is 11.9 Å². The first-order chi connectivity index (χ1) is 14.4. The van der Waals surface area contributed by atoms with Crippen LogP contribution >= 0.6 is 0 Å². The van der Waals surface area contributed by atoms with Gasteiger partial charge in [0.05, 0.1) is 6.04 Å². The number of likely N-dealkylation sites (tertiary alicyclic amines) is 1. The van der Waals surface area contributed by atoms with E-state index in [2.05, 4.69) is 23.5 Å². The molecule has 2 aromatic carbocycles. The van der Waals surface area contributed by atoms with Crippen LogP contribution < -0.4 is 10.2 Å². The highest BCUT2D eigenvalue weighted by atomic mass is 16.2. The van der Waals surface area contributed by atoms with E-state index in [0.717, 1.165) is 41.6 Å². The molecule has 2 aliphatic heterocycles. The van der Waals surface area contributed by atoms with Crippen LogP contribution in [0.3, 0.4) is 0 Å². The lowest BCUT2D eigenvalue weighted by Gasteiger charge is -2.25. The highest BCUT2D eigenvalue weighted by molar-refractivity contribution is 6.39. The van der Waals surface area contributed by atoms with Gasteiger partial charge in [-0.3, -0.25) is 14.4 Å². The van der Waals surface area contributed by atoms with Gasteiger partial charge in [0.2, 0.25) is 5.91 Å². The summed E-state index contributed by atoms with van der Waals surface area (Å²) < 4.78 is 0. The zero-order valence-electron chi connectivity index (χ0n) is 17.5. The molecule has 1 N–H and O–H groups in total. The first-order valence-electron chi connectivity index (χ1n) is 10.5. The molecule has 6 nitrogen and oxygen atoms in total. The number of nitrogens with one attached hydrogen (secondary N) is 1. The van der Waals surface area contributed by atoms with Crippen LogP contribution in [0.2, 0.25) is 0 Å². The lowest BCUT2D eigenvalue weighted by molar-refractivity contribution is -0.143. The van der Waals surface area contributed by atoms with Gasteiger partial charge in [0, 0.05) is 30.9 Å². The number of amides is 3. The zero-order valence-corrected chi connectivity index (χ0v) is 17.5. The quantitative estimate of drug-likeness (QED) is 0.791. The topological polar surface area (TPSA) is 69.7 Å². The predicted octanol–water partition coefficient (Wildman–Crippen LogP) is 3.73. The Morgan fingerprint density at radius 3 is 2.47 bits per heavy atom. The van der Waals surface area contributed by atoms with E-state index >= 15 is 0 Å². The third-order valence-corrected chi connectivity index (χ3v) is 5.83. The smallest absolute Gasteiger partial charge is 0.313 e. The Morgan fingerprint density at radius 1 is 1.00 bits per heavy atom. The molecule has 2 heterocycles. The Hall–Kier alpha value is -3.15. The largest absolute Gasteiger partial charge is 0.327 e. The third-order valence-electron chi connectivity index (χ3n) is 5.83. The van der Waals surface area contributed by atoms with E-state index in [9.17, 15) is 14.4 Å². The Kier molecular flexibility index (Phi) is 5.57. The van der Waals surface area contributed by atoms with Crippen molar-refractivity contribution in [3.05, 3.63) is 59.2 Å². The summed E-state index contributed by atoms with van der Waals surface area (Å²) in [5.74, 6) is -1.07. The van der Waals surface area contributed by atoms with Crippen molar-refractivity contribution in [3.63, 3.8) is 0 Å². The van der Waals surface area contributed by atoms with E-state index in [1.165, 1.54) is 0 Å². The molecule has 2 saturated heterocycles. The first kappa shape index (κ1) is 20.1. The molecule has 30 heavy (non-hydrogen) atoms. The van der Waals surface area contributed by atoms with Crippen LogP contribution in [0, 0.1) is 13.8 Å². The van der Waals surface area contributed by atoms with E-state index in [1.807, 2.05) is 19.9 Å². The molecule has 2 aromatic rings. The van der Waals surface area contributed by atoms with Crippen molar-refractivity contribution in [3.8, 4) is 0 Å². The second-order valence-electron chi connectivity index (χ2n) is 8.23. The van der Waals surface area contributed by atoms with Crippen molar-refractivity contribution in [1.82, 2.24) is 4.90 Å². The average molecular weight is 405 g/mol. The van der Waals surface area contributed by atoms with E-state index in [1.54, 1.807) is 28.0 Å². The molecule has 0 saturated carbocycles. The second-order valence-corrected chi connectivity index (χ2v) is 8.23. The predicted molar refractivity (Wildman–Crippen MR) is 116 cm³/mol. The molecule has 0 aromatic heterocycles. The zero-order chi connectivity index (χ0) is 21.3. The van der Waals surface area contributed by atoms with Gasteiger partial charge in [-0.05, 0) is 56.9 Å². The number of carbonyl (C=O) groups is 3. The molecule has 0 radical (unpaired) electrons. The molecule has 1 unspecified atom stereocenters. The van der Waals surface area contributed by atoms with Crippen molar-refractivity contribution in [2.45, 2.75) is 45.6 Å². The van der Waals surface area contributed by atoms with Gasteiger partial charge in [-0.1, -0.05) is 35.4 Å². The number of hydrogen-bond acceptors (Lipinski definition) is 3. The minimum absolute atomic E-state index is 0.0737. The van der Waals surface area contributed by atoms with Crippen LogP contribution in [0.25, 0.3) is 0 Å². The molecule has 0 aliphatic carbocycles. The number of carbonyl (C=O) groups excluding carboxylic acids is 3. The Morgan fingerprint density at radius 2 is 1.77 bits per heavy atom. The number of nitrogens with zero attached hydrogens (tertiary/aromatic N) is 2. The number of aryl methyl sites for hydroxylation is 2. The minimum Gasteiger partial charge on any atom is -0.327 e. The Labute approximate surface area is 176 Å². The van der Waals surface area contributed by atoms with E-state index in [4.69, 9.17) is 0 Å². The summed E-state index contributed by atoms with van der Waals surface area (Å²) in [7, 11) is 0. The van der Waals surface area contributed by atoms with Crippen LogP contribution in [0.15, 0.2) is 42.5 Å². The van der Waals surface area contributed by atoms with Gasteiger partial charge in [-0.25, -0.2) is 0 Å². The molecule has 3 amide bonds.